The van der Waals surface area contributed by atoms with E-state index in [1.807, 2.05) is 0 Å². The minimum absolute atomic E-state index is 0.0877. The molecule has 42 heavy (non-hydrogen) atoms. The minimum Gasteiger partial charge on any atom is -0.439 e. The zero-order chi connectivity index (χ0) is 32.0. The molecule has 0 saturated carbocycles. The first kappa shape index (κ1) is 33.1. The lowest BCUT2D eigenvalue weighted by atomic mass is 9.97. The van der Waals surface area contributed by atoms with Gasteiger partial charge in [0.1, 0.15) is 11.9 Å². The highest BCUT2D eigenvalue weighted by Crippen LogP contribution is 2.42. The van der Waals surface area contributed by atoms with Crippen molar-refractivity contribution in [1.29, 1.82) is 0 Å². The molecule has 0 aliphatic carbocycles. The van der Waals surface area contributed by atoms with Crippen molar-refractivity contribution in [3.8, 4) is 5.75 Å². The van der Waals surface area contributed by atoms with Crippen molar-refractivity contribution in [2.24, 2.45) is 5.92 Å². The summed E-state index contributed by atoms with van der Waals surface area (Å²) < 4.78 is 154. The lowest BCUT2D eigenvalue weighted by molar-refractivity contribution is -0.274. The van der Waals surface area contributed by atoms with Crippen LogP contribution < -0.4 is 9.04 Å². The van der Waals surface area contributed by atoms with Crippen molar-refractivity contribution in [2.45, 2.75) is 58.2 Å². The second-order valence-corrected chi connectivity index (χ2v) is 11.9. The molecule has 0 N–H and O–H groups in total. The number of hydrogen-bond acceptors (Lipinski definition) is 5. The summed E-state index contributed by atoms with van der Waals surface area (Å²) >= 11 is 0. The molecule has 2 atom stereocenters. The van der Waals surface area contributed by atoms with E-state index in [2.05, 4.69) is 4.74 Å². The van der Waals surface area contributed by atoms with E-state index in [0.29, 0.717) is 12.1 Å². The maximum absolute atomic E-state index is 13.4. The topological polar surface area (TPSA) is 76.2 Å². The third-order valence-corrected chi connectivity index (χ3v) is 7.30. The number of carbonyl (C=O) groups is 1. The molecule has 0 bridgehead atoms. The fraction of sp³-hybridized carbons (Fsp3) is 0.480. The molecule has 234 valence electrons. The zero-order valence-corrected chi connectivity index (χ0v) is 23.2. The largest absolute Gasteiger partial charge is 0.573 e. The van der Waals surface area contributed by atoms with Crippen LogP contribution in [0.4, 0.5) is 50.0 Å². The van der Waals surface area contributed by atoms with E-state index >= 15 is 0 Å². The van der Waals surface area contributed by atoms with Crippen molar-refractivity contribution >= 4 is 21.8 Å². The Bertz CT molecular complexity index is 1390. The van der Waals surface area contributed by atoms with Crippen LogP contribution in [0.5, 0.6) is 5.75 Å². The maximum atomic E-state index is 13.4. The SMILES string of the molecule is CC(C)CN(c1ccc(OC(F)(F)F)cc1CN1C(=O)O[C@H](c2cc(C(F)(F)F)cc(C(F)(F)F)c2)[C@@H]1C)S(C)(=O)=O. The van der Waals surface area contributed by atoms with E-state index in [1.165, 1.54) is 6.92 Å². The van der Waals surface area contributed by atoms with Gasteiger partial charge in [-0.3, -0.25) is 9.21 Å². The maximum Gasteiger partial charge on any atom is 0.573 e. The number of carbonyl (C=O) groups excluding carboxylic acids is 1. The number of sulfonamides is 1. The predicted molar refractivity (Wildman–Crippen MR) is 131 cm³/mol. The number of benzene rings is 2. The molecule has 2 aromatic carbocycles. The second-order valence-electron chi connectivity index (χ2n) is 10.0. The standard InChI is InChI=1S/C25H25F9N2O5S/c1-13(2)11-36(42(4,38)39)20-6-5-19(41-25(32,33)34)9-16(20)12-35-14(3)21(40-22(35)37)15-7-17(23(26,27)28)10-18(8-15)24(29,30)31/h5-10,13-14,21H,11-12H2,1-4H3/t14-,21-/m0/s1. The van der Waals surface area contributed by atoms with E-state index in [9.17, 15) is 52.7 Å². The minimum atomic E-state index is -5.17. The third kappa shape index (κ3) is 7.92. The Morgan fingerprint density at radius 2 is 1.50 bits per heavy atom. The molecule has 0 aromatic heterocycles. The summed E-state index contributed by atoms with van der Waals surface area (Å²) in [4.78, 5) is 13.7. The lowest BCUT2D eigenvalue weighted by Gasteiger charge is -2.29. The van der Waals surface area contributed by atoms with Crippen LogP contribution >= 0.6 is 0 Å². The molecule has 1 saturated heterocycles. The van der Waals surface area contributed by atoms with Gasteiger partial charge in [0.15, 0.2) is 0 Å². The number of hydrogen-bond donors (Lipinski definition) is 0. The van der Waals surface area contributed by atoms with Gasteiger partial charge in [-0.2, -0.15) is 26.3 Å². The molecular weight excluding hydrogens is 611 g/mol. The van der Waals surface area contributed by atoms with Gasteiger partial charge < -0.3 is 9.47 Å². The molecule has 1 heterocycles. The Hall–Kier alpha value is -3.37. The van der Waals surface area contributed by atoms with E-state index in [0.717, 1.165) is 33.7 Å². The number of alkyl halides is 9. The van der Waals surface area contributed by atoms with Gasteiger partial charge >= 0.3 is 24.8 Å². The Morgan fingerprint density at radius 3 is 1.95 bits per heavy atom. The first-order valence-electron chi connectivity index (χ1n) is 12.1. The average molecular weight is 637 g/mol. The van der Waals surface area contributed by atoms with Crippen LogP contribution in [0.1, 0.15) is 49.1 Å². The van der Waals surface area contributed by atoms with Crippen LogP contribution in [0.2, 0.25) is 0 Å². The summed E-state index contributed by atoms with van der Waals surface area (Å²) in [5.74, 6) is -1.02. The van der Waals surface area contributed by atoms with Crippen LogP contribution in [0.25, 0.3) is 0 Å². The average Bonchev–Trinajstić information content (AvgIpc) is 3.08. The van der Waals surface area contributed by atoms with Gasteiger partial charge in [0.25, 0.3) is 0 Å². The lowest BCUT2D eigenvalue weighted by Crippen LogP contribution is -2.36. The molecule has 17 heteroatoms. The van der Waals surface area contributed by atoms with Gasteiger partial charge in [-0.1, -0.05) is 13.8 Å². The van der Waals surface area contributed by atoms with Crippen LogP contribution in [0, 0.1) is 5.92 Å². The molecule has 0 unspecified atom stereocenters. The summed E-state index contributed by atoms with van der Waals surface area (Å²) in [5, 5.41) is 0. The number of anilines is 1. The summed E-state index contributed by atoms with van der Waals surface area (Å²) in [7, 11) is -4.01. The molecule has 0 spiro atoms. The number of amides is 1. The fourth-order valence-corrected chi connectivity index (χ4v) is 5.46. The molecule has 1 amide bonds. The molecule has 1 fully saturated rings. The smallest absolute Gasteiger partial charge is 0.439 e. The van der Waals surface area contributed by atoms with Crippen molar-refractivity contribution in [3.63, 3.8) is 0 Å². The van der Waals surface area contributed by atoms with Crippen LogP contribution in [0.15, 0.2) is 36.4 Å². The number of ether oxygens (including phenoxy) is 2. The van der Waals surface area contributed by atoms with E-state index in [4.69, 9.17) is 4.74 Å². The zero-order valence-electron chi connectivity index (χ0n) is 22.4. The Balaban J connectivity index is 2.08. The molecule has 2 aromatic rings. The van der Waals surface area contributed by atoms with Gasteiger partial charge in [0, 0.05) is 6.54 Å². The van der Waals surface area contributed by atoms with Crippen molar-refractivity contribution in [3.05, 3.63) is 58.7 Å². The highest BCUT2D eigenvalue weighted by Gasteiger charge is 2.44. The highest BCUT2D eigenvalue weighted by atomic mass is 32.2. The fourth-order valence-electron chi connectivity index (χ4n) is 4.36. The summed E-state index contributed by atoms with van der Waals surface area (Å²) in [5.41, 5.74) is -4.18. The highest BCUT2D eigenvalue weighted by molar-refractivity contribution is 7.92. The Kier molecular flexibility index (Phi) is 8.97. The number of rotatable bonds is 8. The van der Waals surface area contributed by atoms with Gasteiger partial charge in [0.2, 0.25) is 10.0 Å². The second kappa shape index (κ2) is 11.4. The predicted octanol–water partition coefficient (Wildman–Crippen LogP) is 7.13. The molecular formula is C25H25F9N2O5S. The third-order valence-electron chi connectivity index (χ3n) is 6.16. The molecule has 3 rings (SSSR count). The first-order valence-corrected chi connectivity index (χ1v) is 13.9. The van der Waals surface area contributed by atoms with Crippen molar-refractivity contribution in [2.75, 3.05) is 17.1 Å². The summed E-state index contributed by atoms with van der Waals surface area (Å²) in [6.45, 7) is 3.86. The van der Waals surface area contributed by atoms with Crippen LogP contribution in [-0.4, -0.2) is 44.6 Å². The Labute approximate surface area is 234 Å². The van der Waals surface area contributed by atoms with Crippen LogP contribution in [-0.2, 0) is 33.7 Å². The number of nitrogens with zero attached hydrogens (tertiary/aromatic N) is 2. The van der Waals surface area contributed by atoms with E-state index < -0.39 is 76.0 Å². The van der Waals surface area contributed by atoms with E-state index in [-0.39, 0.29) is 29.8 Å². The van der Waals surface area contributed by atoms with Gasteiger partial charge in [-0.15, -0.1) is 13.2 Å². The van der Waals surface area contributed by atoms with Gasteiger partial charge in [-0.25, -0.2) is 13.2 Å². The molecule has 0 radical (unpaired) electrons. The number of cyclic esters (lactones) is 1. The molecule has 1 aliphatic heterocycles. The number of halogens is 9. The van der Waals surface area contributed by atoms with Crippen LogP contribution in [0.3, 0.4) is 0 Å². The van der Waals surface area contributed by atoms with Gasteiger partial charge in [-0.05, 0) is 60.4 Å². The quantitative estimate of drug-likeness (QED) is 0.289. The van der Waals surface area contributed by atoms with Crippen molar-refractivity contribution < 1.29 is 62.2 Å². The molecule has 1 aliphatic rings. The summed E-state index contributed by atoms with van der Waals surface area (Å²) in [6, 6.07) is 2.22. The van der Waals surface area contributed by atoms with Crippen molar-refractivity contribution in [1.82, 2.24) is 4.90 Å². The Morgan fingerprint density at radius 1 is 0.952 bits per heavy atom. The first-order chi connectivity index (χ1) is 19.0. The summed E-state index contributed by atoms with van der Waals surface area (Å²) in [6.07, 6.45) is -17.4. The monoisotopic (exact) mass is 636 g/mol. The normalized spacial score (nSPS) is 18.4. The van der Waals surface area contributed by atoms with Gasteiger partial charge in [0.05, 0.1) is 35.7 Å². The molecule has 7 nitrogen and oxygen atoms in total. The van der Waals surface area contributed by atoms with E-state index in [1.54, 1.807) is 13.8 Å².